The van der Waals surface area contributed by atoms with Gasteiger partial charge in [0.25, 0.3) is 5.91 Å². The Balaban J connectivity index is 1.37. The fourth-order valence-corrected chi connectivity index (χ4v) is 4.77. The van der Waals surface area contributed by atoms with Gasteiger partial charge in [-0.3, -0.25) is 19.7 Å². The number of carbonyl (C=O) groups excluding carboxylic acids is 3. The minimum atomic E-state index is -0.311. The molecular formula is C27H30N4O4S. The normalized spacial score (nSPS) is 14.5. The number of ketones is 1. The Bertz CT molecular complexity index is 1260. The molecule has 1 fully saturated rings. The molecular weight excluding hydrogens is 476 g/mol. The van der Waals surface area contributed by atoms with E-state index < -0.39 is 0 Å². The molecule has 1 aliphatic rings. The molecule has 1 saturated heterocycles. The molecule has 8 nitrogen and oxygen atoms in total. The Morgan fingerprint density at radius 2 is 1.83 bits per heavy atom. The highest BCUT2D eigenvalue weighted by molar-refractivity contribution is 7.22. The number of hydrogen-bond acceptors (Lipinski definition) is 7. The molecule has 188 valence electrons. The van der Waals surface area contributed by atoms with Crippen LogP contribution < -0.4 is 10.1 Å². The molecule has 2 amide bonds. The summed E-state index contributed by atoms with van der Waals surface area (Å²) in [5.74, 6) is -0.108. The first kappa shape index (κ1) is 25.5. The number of para-hydroxylation sites is 1. The number of fused-ring (bicyclic) bond motifs is 1. The van der Waals surface area contributed by atoms with Crippen molar-refractivity contribution < 1.29 is 19.1 Å². The molecule has 0 unspecified atom stereocenters. The van der Waals surface area contributed by atoms with E-state index in [4.69, 9.17) is 4.74 Å². The lowest BCUT2D eigenvalue weighted by Gasteiger charge is -2.31. The first-order valence-electron chi connectivity index (χ1n) is 11.9. The molecule has 1 aliphatic heterocycles. The van der Waals surface area contributed by atoms with Gasteiger partial charge in [-0.2, -0.15) is 0 Å². The smallest absolute Gasteiger partial charge is 0.264 e. The number of nitrogens with zero attached hydrogens (tertiary/aromatic N) is 3. The highest BCUT2D eigenvalue weighted by Crippen LogP contribution is 2.29. The summed E-state index contributed by atoms with van der Waals surface area (Å²) in [6, 6.07) is 12.8. The van der Waals surface area contributed by atoms with Gasteiger partial charge in [0.1, 0.15) is 5.75 Å². The van der Waals surface area contributed by atoms with Crippen molar-refractivity contribution in [1.82, 2.24) is 14.8 Å². The van der Waals surface area contributed by atoms with E-state index in [1.165, 1.54) is 23.5 Å². The van der Waals surface area contributed by atoms with Crippen molar-refractivity contribution in [1.29, 1.82) is 0 Å². The molecule has 1 aromatic heterocycles. The molecule has 0 atom stereocenters. The second-order valence-corrected chi connectivity index (χ2v) is 10.1. The van der Waals surface area contributed by atoms with Crippen LogP contribution in [0.15, 0.2) is 54.6 Å². The van der Waals surface area contributed by atoms with Gasteiger partial charge in [0, 0.05) is 37.8 Å². The van der Waals surface area contributed by atoms with Crippen LogP contribution in [0.4, 0.5) is 5.13 Å². The van der Waals surface area contributed by atoms with E-state index in [1.807, 2.05) is 45.2 Å². The van der Waals surface area contributed by atoms with Crippen molar-refractivity contribution >= 4 is 44.3 Å². The fourth-order valence-electron chi connectivity index (χ4n) is 3.88. The Kier molecular flexibility index (Phi) is 8.12. The van der Waals surface area contributed by atoms with Crippen LogP contribution in [0.3, 0.4) is 0 Å². The molecule has 0 radical (unpaired) electrons. The zero-order valence-corrected chi connectivity index (χ0v) is 21.5. The van der Waals surface area contributed by atoms with Crippen LogP contribution in [-0.4, -0.2) is 72.2 Å². The van der Waals surface area contributed by atoms with Crippen LogP contribution in [0.2, 0.25) is 0 Å². The van der Waals surface area contributed by atoms with Gasteiger partial charge in [-0.05, 0) is 54.9 Å². The number of amides is 2. The number of benzene rings is 2. The van der Waals surface area contributed by atoms with E-state index >= 15 is 0 Å². The summed E-state index contributed by atoms with van der Waals surface area (Å²) in [4.78, 5) is 45.9. The third kappa shape index (κ3) is 6.35. The van der Waals surface area contributed by atoms with Crippen molar-refractivity contribution in [2.75, 3.05) is 45.2 Å². The molecule has 0 bridgehead atoms. The van der Waals surface area contributed by atoms with Crippen molar-refractivity contribution in [3.8, 4) is 5.75 Å². The lowest BCUT2D eigenvalue weighted by molar-refractivity contribution is -0.127. The molecule has 0 saturated carbocycles. The number of aromatic nitrogens is 1. The second-order valence-electron chi connectivity index (χ2n) is 9.06. The third-order valence-corrected chi connectivity index (χ3v) is 6.96. The number of carbonyl (C=O) groups is 3. The van der Waals surface area contributed by atoms with Gasteiger partial charge in [-0.1, -0.05) is 37.3 Å². The number of rotatable bonds is 8. The number of ether oxygens (including phenoxy) is 1. The molecule has 36 heavy (non-hydrogen) atoms. The van der Waals surface area contributed by atoms with Crippen LogP contribution in [0.1, 0.15) is 35.7 Å². The number of likely N-dealkylation sites (N-methyl/N-ethyl adjacent to an activating group) is 1. The van der Waals surface area contributed by atoms with E-state index in [0.29, 0.717) is 29.5 Å². The zero-order chi connectivity index (χ0) is 25.7. The van der Waals surface area contributed by atoms with Gasteiger partial charge in [-0.15, -0.1) is 0 Å². The average Bonchev–Trinajstić information content (AvgIpc) is 3.28. The molecule has 2 heterocycles. The lowest BCUT2D eigenvalue weighted by atomic mass is 9.98. The third-order valence-electron chi connectivity index (χ3n) is 6.01. The Morgan fingerprint density at radius 1 is 1.08 bits per heavy atom. The Hall–Kier alpha value is -3.56. The quantitative estimate of drug-likeness (QED) is 0.367. The highest BCUT2D eigenvalue weighted by Gasteiger charge is 2.18. The molecule has 3 aromatic rings. The number of allylic oxidation sites excluding steroid dienone is 1. The molecule has 0 aliphatic carbocycles. The van der Waals surface area contributed by atoms with Gasteiger partial charge in [0.15, 0.2) is 17.5 Å². The van der Waals surface area contributed by atoms with Crippen LogP contribution in [0.5, 0.6) is 5.75 Å². The number of piperazine rings is 1. The largest absolute Gasteiger partial charge is 0.483 e. The summed E-state index contributed by atoms with van der Waals surface area (Å²) in [5.41, 5.74) is 2.11. The minimum Gasteiger partial charge on any atom is -0.483 e. The van der Waals surface area contributed by atoms with Gasteiger partial charge >= 0.3 is 0 Å². The number of anilines is 1. The van der Waals surface area contributed by atoms with E-state index in [0.717, 1.165) is 28.9 Å². The van der Waals surface area contributed by atoms with Gasteiger partial charge in [0.2, 0.25) is 5.91 Å². The predicted molar refractivity (Wildman–Crippen MR) is 142 cm³/mol. The summed E-state index contributed by atoms with van der Waals surface area (Å²) in [6.07, 6.45) is 2.67. The maximum atomic E-state index is 12.7. The van der Waals surface area contributed by atoms with Gasteiger partial charge in [0.05, 0.1) is 10.2 Å². The number of thiazole rings is 1. The van der Waals surface area contributed by atoms with E-state index in [9.17, 15) is 14.4 Å². The average molecular weight is 507 g/mol. The Morgan fingerprint density at radius 3 is 2.56 bits per heavy atom. The van der Waals surface area contributed by atoms with Crippen LogP contribution in [-0.2, 0) is 9.59 Å². The van der Waals surface area contributed by atoms with Crippen molar-refractivity contribution in [3.05, 3.63) is 65.7 Å². The van der Waals surface area contributed by atoms with Crippen molar-refractivity contribution in [2.45, 2.75) is 19.8 Å². The van der Waals surface area contributed by atoms with Gasteiger partial charge in [-0.25, -0.2) is 4.98 Å². The van der Waals surface area contributed by atoms with Gasteiger partial charge < -0.3 is 14.5 Å². The summed E-state index contributed by atoms with van der Waals surface area (Å²) in [7, 11) is 2.02. The zero-order valence-electron chi connectivity index (χ0n) is 20.7. The highest BCUT2D eigenvalue weighted by atomic mass is 32.1. The molecule has 0 spiro atoms. The molecule has 9 heteroatoms. The van der Waals surface area contributed by atoms with Crippen molar-refractivity contribution in [2.24, 2.45) is 0 Å². The fraction of sp³-hybridized carbons (Fsp3) is 0.333. The topological polar surface area (TPSA) is 91.8 Å². The van der Waals surface area contributed by atoms with Crippen LogP contribution in [0, 0.1) is 0 Å². The second kappa shape index (κ2) is 11.5. The summed E-state index contributed by atoms with van der Waals surface area (Å²) in [5, 5.41) is 3.30. The van der Waals surface area contributed by atoms with Crippen LogP contribution >= 0.6 is 11.3 Å². The standard InChI is InChI=1S/C27H30N4O4S/c1-18(2)20-16-19(22(32)9-11-26(34)31-14-12-30(3)13-15-31)8-10-23(20)35-17-25(33)29-27-28-21-6-4-5-7-24(21)36-27/h4-11,16,18H,12-15,17H2,1-3H3,(H,28,29,33). The SMILES string of the molecule is CC(C)c1cc(C(=O)C=CC(=O)N2CCN(C)CC2)ccc1OCC(=O)Nc1nc2ccccc2s1. The van der Waals surface area contributed by atoms with Crippen LogP contribution in [0.25, 0.3) is 10.2 Å². The molecule has 1 N–H and O–H groups in total. The lowest BCUT2D eigenvalue weighted by Crippen LogP contribution is -2.46. The van der Waals surface area contributed by atoms with E-state index in [-0.39, 0.29) is 30.1 Å². The Labute approximate surface area is 214 Å². The van der Waals surface area contributed by atoms with Crippen molar-refractivity contribution in [3.63, 3.8) is 0 Å². The monoisotopic (exact) mass is 506 g/mol. The number of hydrogen-bond donors (Lipinski definition) is 1. The maximum absolute atomic E-state index is 12.7. The maximum Gasteiger partial charge on any atom is 0.264 e. The summed E-state index contributed by atoms with van der Waals surface area (Å²) < 4.78 is 6.79. The van der Waals surface area contributed by atoms with E-state index in [2.05, 4.69) is 15.2 Å². The first-order valence-corrected chi connectivity index (χ1v) is 12.7. The number of nitrogens with one attached hydrogen (secondary N) is 1. The van der Waals surface area contributed by atoms with E-state index in [1.54, 1.807) is 23.1 Å². The molecule has 2 aromatic carbocycles. The predicted octanol–water partition coefficient (Wildman–Crippen LogP) is 3.95. The summed E-state index contributed by atoms with van der Waals surface area (Å²) >= 11 is 1.40. The molecule has 4 rings (SSSR count). The first-order chi connectivity index (χ1) is 17.3. The summed E-state index contributed by atoms with van der Waals surface area (Å²) in [6.45, 7) is 6.77. The minimum absolute atomic E-state index is 0.0658.